The van der Waals surface area contributed by atoms with Crippen LogP contribution in [0.2, 0.25) is 0 Å². The molecule has 0 atom stereocenters. The quantitative estimate of drug-likeness (QED) is 0.737. The topological polar surface area (TPSA) is 85.4 Å². The summed E-state index contributed by atoms with van der Waals surface area (Å²) in [6.45, 7) is 0.633. The average Bonchev–Trinajstić information content (AvgIpc) is 3.15. The number of ether oxygens (including phenoxy) is 2. The van der Waals surface area contributed by atoms with Crippen LogP contribution in [0.25, 0.3) is 0 Å². The lowest BCUT2D eigenvalue weighted by Crippen LogP contribution is -2.22. The van der Waals surface area contributed by atoms with Crippen LogP contribution in [-0.4, -0.2) is 22.7 Å². The number of rotatable bonds is 5. The van der Waals surface area contributed by atoms with Gasteiger partial charge in [0.25, 0.3) is 5.91 Å². The van der Waals surface area contributed by atoms with Crippen LogP contribution in [-0.2, 0) is 6.54 Å². The summed E-state index contributed by atoms with van der Waals surface area (Å²) in [6, 6.07) is 12.8. The summed E-state index contributed by atoms with van der Waals surface area (Å²) in [5.74, 6) is 1.88. The molecule has 2 heterocycles. The number of carbonyl (C=O) groups excluding carboxylic acids is 1. The number of hydrogen-bond donors (Lipinski definition) is 2. The molecular weight excluding hydrogens is 332 g/mol. The Bertz CT molecular complexity index is 931. The molecule has 2 N–H and O–H groups in total. The fourth-order valence-corrected chi connectivity index (χ4v) is 2.59. The zero-order chi connectivity index (χ0) is 17.8. The first-order valence-corrected chi connectivity index (χ1v) is 8.08. The van der Waals surface area contributed by atoms with E-state index < -0.39 is 0 Å². The Morgan fingerprint density at radius 3 is 2.88 bits per heavy atom. The Morgan fingerprint density at radius 1 is 1.08 bits per heavy atom. The van der Waals surface area contributed by atoms with Crippen LogP contribution in [0, 0.1) is 0 Å². The van der Waals surface area contributed by atoms with Gasteiger partial charge in [-0.3, -0.25) is 9.78 Å². The van der Waals surface area contributed by atoms with Gasteiger partial charge in [-0.1, -0.05) is 12.1 Å². The molecule has 26 heavy (non-hydrogen) atoms. The van der Waals surface area contributed by atoms with Crippen molar-refractivity contribution in [2.75, 3.05) is 12.1 Å². The summed E-state index contributed by atoms with van der Waals surface area (Å²) in [5, 5.41) is 6.02. The van der Waals surface area contributed by atoms with Crippen molar-refractivity contribution in [2.24, 2.45) is 0 Å². The van der Waals surface area contributed by atoms with Gasteiger partial charge < -0.3 is 20.1 Å². The molecule has 3 aromatic rings. The van der Waals surface area contributed by atoms with E-state index in [0.717, 1.165) is 17.0 Å². The normalized spacial score (nSPS) is 11.8. The first kappa shape index (κ1) is 15.9. The van der Waals surface area contributed by atoms with E-state index in [1.54, 1.807) is 30.7 Å². The number of aromatic nitrogens is 2. The molecule has 0 fully saturated rings. The number of anilines is 2. The molecule has 0 aliphatic carbocycles. The second kappa shape index (κ2) is 7.10. The molecule has 2 aromatic carbocycles. The van der Waals surface area contributed by atoms with Crippen molar-refractivity contribution in [2.45, 2.75) is 6.54 Å². The lowest BCUT2D eigenvalue weighted by atomic mass is 10.1. The first-order chi connectivity index (χ1) is 12.8. The molecule has 1 aromatic heterocycles. The third-order valence-electron chi connectivity index (χ3n) is 3.85. The van der Waals surface area contributed by atoms with E-state index in [2.05, 4.69) is 20.6 Å². The van der Waals surface area contributed by atoms with E-state index in [4.69, 9.17) is 9.47 Å². The van der Waals surface area contributed by atoms with Crippen LogP contribution >= 0.6 is 0 Å². The zero-order valence-corrected chi connectivity index (χ0v) is 13.8. The fourth-order valence-electron chi connectivity index (χ4n) is 2.59. The summed E-state index contributed by atoms with van der Waals surface area (Å²) in [6.07, 6.45) is 4.82. The molecule has 4 rings (SSSR count). The van der Waals surface area contributed by atoms with Crippen LogP contribution in [0.3, 0.4) is 0 Å². The Kier molecular flexibility index (Phi) is 4.34. The Balaban J connectivity index is 1.41. The van der Waals surface area contributed by atoms with Crippen molar-refractivity contribution in [1.29, 1.82) is 0 Å². The number of hydrogen-bond acceptors (Lipinski definition) is 6. The minimum absolute atomic E-state index is 0.162. The van der Waals surface area contributed by atoms with Gasteiger partial charge in [-0.25, -0.2) is 4.98 Å². The van der Waals surface area contributed by atoms with Crippen molar-refractivity contribution in [3.05, 3.63) is 72.2 Å². The van der Waals surface area contributed by atoms with E-state index in [0.29, 0.717) is 23.7 Å². The van der Waals surface area contributed by atoms with Crippen molar-refractivity contribution < 1.29 is 14.3 Å². The van der Waals surface area contributed by atoms with E-state index in [1.807, 2.05) is 30.3 Å². The van der Waals surface area contributed by atoms with Crippen molar-refractivity contribution in [3.63, 3.8) is 0 Å². The highest BCUT2D eigenvalue weighted by Crippen LogP contribution is 2.32. The molecule has 0 saturated carbocycles. The summed E-state index contributed by atoms with van der Waals surface area (Å²) >= 11 is 0. The molecule has 1 aliphatic heterocycles. The van der Waals surface area contributed by atoms with E-state index in [9.17, 15) is 4.79 Å². The van der Waals surface area contributed by atoms with Crippen LogP contribution in [0.1, 0.15) is 15.9 Å². The lowest BCUT2D eigenvalue weighted by molar-refractivity contribution is 0.0951. The fraction of sp³-hybridized carbons (Fsp3) is 0.105. The highest BCUT2D eigenvalue weighted by atomic mass is 16.7. The molecule has 7 heteroatoms. The average molecular weight is 348 g/mol. The molecule has 7 nitrogen and oxygen atoms in total. The molecule has 0 radical (unpaired) electrons. The third-order valence-corrected chi connectivity index (χ3v) is 3.85. The largest absolute Gasteiger partial charge is 0.454 e. The summed E-state index contributed by atoms with van der Waals surface area (Å²) in [4.78, 5) is 20.6. The molecule has 0 unspecified atom stereocenters. The summed E-state index contributed by atoms with van der Waals surface area (Å²) < 4.78 is 10.6. The SMILES string of the molecule is O=C(NCc1ccc2c(c1)OCO2)c1cccc(Nc2cnccn2)c1. The van der Waals surface area contributed by atoms with Gasteiger partial charge in [-0.05, 0) is 35.9 Å². The highest BCUT2D eigenvalue weighted by molar-refractivity contribution is 5.95. The van der Waals surface area contributed by atoms with Gasteiger partial charge in [-0.15, -0.1) is 0 Å². The standard InChI is InChI=1S/C19H16N4O3/c24-19(22-10-13-4-5-16-17(8-13)26-12-25-16)14-2-1-3-15(9-14)23-18-11-20-6-7-21-18/h1-9,11H,10,12H2,(H,21,23)(H,22,24). The van der Waals surface area contributed by atoms with E-state index in [1.165, 1.54) is 0 Å². The summed E-state index contributed by atoms with van der Waals surface area (Å²) in [7, 11) is 0. The molecule has 130 valence electrons. The van der Waals surface area contributed by atoms with Gasteiger partial charge in [0.15, 0.2) is 11.5 Å². The van der Waals surface area contributed by atoms with Crippen molar-refractivity contribution in [1.82, 2.24) is 15.3 Å². The minimum Gasteiger partial charge on any atom is -0.454 e. The van der Waals surface area contributed by atoms with E-state index >= 15 is 0 Å². The molecule has 0 spiro atoms. The van der Waals surface area contributed by atoms with Crippen LogP contribution in [0.15, 0.2) is 61.1 Å². The van der Waals surface area contributed by atoms with Gasteiger partial charge >= 0.3 is 0 Å². The maximum absolute atomic E-state index is 12.4. The molecule has 1 aliphatic rings. The minimum atomic E-state index is -0.162. The van der Waals surface area contributed by atoms with Crippen LogP contribution < -0.4 is 20.1 Å². The number of carbonyl (C=O) groups is 1. The summed E-state index contributed by atoms with van der Waals surface area (Å²) in [5.41, 5.74) is 2.26. The lowest BCUT2D eigenvalue weighted by Gasteiger charge is -2.09. The predicted molar refractivity (Wildman–Crippen MR) is 95.5 cm³/mol. The number of amides is 1. The number of fused-ring (bicyclic) bond motifs is 1. The first-order valence-electron chi connectivity index (χ1n) is 8.08. The number of benzene rings is 2. The van der Waals surface area contributed by atoms with Crippen molar-refractivity contribution >= 4 is 17.4 Å². The van der Waals surface area contributed by atoms with Gasteiger partial charge in [0, 0.05) is 30.2 Å². The van der Waals surface area contributed by atoms with Gasteiger partial charge in [0.05, 0.1) is 6.20 Å². The molecule has 0 bridgehead atoms. The van der Waals surface area contributed by atoms with E-state index in [-0.39, 0.29) is 12.7 Å². The van der Waals surface area contributed by atoms with Crippen LogP contribution in [0.5, 0.6) is 11.5 Å². The second-order valence-electron chi connectivity index (χ2n) is 5.67. The predicted octanol–water partition coefficient (Wildman–Crippen LogP) is 2.88. The number of nitrogens with one attached hydrogen (secondary N) is 2. The van der Waals surface area contributed by atoms with Gasteiger partial charge in [0.1, 0.15) is 5.82 Å². The Morgan fingerprint density at radius 2 is 2.00 bits per heavy atom. The Hall–Kier alpha value is -3.61. The second-order valence-corrected chi connectivity index (χ2v) is 5.67. The highest BCUT2D eigenvalue weighted by Gasteiger charge is 2.13. The zero-order valence-electron chi connectivity index (χ0n) is 13.8. The maximum Gasteiger partial charge on any atom is 0.251 e. The van der Waals surface area contributed by atoms with Gasteiger partial charge in [-0.2, -0.15) is 0 Å². The van der Waals surface area contributed by atoms with Crippen LogP contribution in [0.4, 0.5) is 11.5 Å². The third kappa shape index (κ3) is 3.56. The Labute approximate surface area is 150 Å². The molecular formula is C19H16N4O3. The molecule has 1 amide bonds. The maximum atomic E-state index is 12.4. The number of nitrogens with zero attached hydrogens (tertiary/aromatic N) is 2. The monoisotopic (exact) mass is 348 g/mol. The van der Waals surface area contributed by atoms with Gasteiger partial charge in [0.2, 0.25) is 6.79 Å². The van der Waals surface area contributed by atoms with Crippen molar-refractivity contribution in [3.8, 4) is 11.5 Å². The smallest absolute Gasteiger partial charge is 0.251 e. The molecule has 0 saturated heterocycles.